The van der Waals surface area contributed by atoms with E-state index in [1.165, 1.54) is 25.7 Å². The van der Waals surface area contributed by atoms with E-state index in [4.69, 9.17) is 4.74 Å². The summed E-state index contributed by atoms with van der Waals surface area (Å²) in [6, 6.07) is 7.44. The average molecular weight is 358 g/mol. The molecule has 1 aliphatic heterocycles. The molecule has 2 amide bonds. The van der Waals surface area contributed by atoms with Gasteiger partial charge in [-0.15, -0.1) is 11.8 Å². The van der Waals surface area contributed by atoms with Crippen molar-refractivity contribution >= 4 is 29.4 Å². The minimum atomic E-state index is -0.308. The van der Waals surface area contributed by atoms with Crippen molar-refractivity contribution in [1.82, 2.24) is 5.32 Å². The van der Waals surface area contributed by atoms with Crippen LogP contribution in [0.1, 0.15) is 31.2 Å². The lowest BCUT2D eigenvalue weighted by Crippen LogP contribution is -2.26. The van der Waals surface area contributed by atoms with Gasteiger partial charge >= 0.3 is 6.09 Å². The summed E-state index contributed by atoms with van der Waals surface area (Å²) in [5, 5.41) is 3.49. The van der Waals surface area contributed by atoms with Gasteiger partial charge in [0.15, 0.2) is 0 Å². The quantitative estimate of drug-likeness (QED) is 0.823. The van der Waals surface area contributed by atoms with Gasteiger partial charge in [0, 0.05) is 16.5 Å². The Kier molecular flexibility index (Phi) is 6.24. The second-order valence-corrected chi connectivity index (χ2v) is 7.40. The van der Waals surface area contributed by atoms with Gasteiger partial charge in [-0.05, 0) is 37.1 Å². The molecule has 1 aromatic rings. The van der Waals surface area contributed by atoms with E-state index in [2.05, 4.69) is 17.2 Å². The van der Waals surface area contributed by atoms with E-state index < -0.39 is 0 Å². The van der Waals surface area contributed by atoms with Crippen molar-refractivity contribution < 1.29 is 14.3 Å². The monoisotopic (exact) mass is 358 g/mol. The first-order valence-corrected chi connectivity index (χ1v) is 9.69. The molecule has 1 aliphatic carbocycles. The van der Waals surface area contributed by atoms with Gasteiger partial charge in [0.25, 0.3) is 0 Å². The van der Waals surface area contributed by atoms with Crippen molar-refractivity contribution in [3.8, 4) is 11.8 Å². The highest BCUT2D eigenvalue weighted by molar-refractivity contribution is 8.00. The Labute approximate surface area is 152 Å². The molecule has 3 rings (SSSR count). The first kappa shape index (κ1) is 17.7. The number of ether oxygens (including phenoxy) is 1. The number of amides is 2. The maximum absolute atomic E-state index is 11.8. The van der Waals surface area contributed by atoms with Crippen LogP contribution >= 0.6 is 11.8 Å². The summed E-state index contributed by atoms with van der Waals surface area (Å²) in [5.74, 6) is 6.55. The number of nitrogens with zero attached hydrogens (tertiary/aromatic N) is 1. The summed E-state index contributed by atoms with van der Waals surface area (Å²) < 4.78 is 4.92. The van der Waals surface area contributed by atoms with Crippen molar-refractivity contribution in [2.75, 3.05) is 30.3 Å². The normalized spacial score (nSPS) is 17.1. The van der Waals surface area contributed by atoms with E-state index in [1.807, 2.05) is 24.3 Å². The van der Waals surface area contributed by atoms with Crippen LogP contribution < -0.4 is 10.2 Å². The Morgan fingerprint density at radius 3 is 2.72 bits per heavy atom. The SMILES string of the molecule is O=C(CSC1CCCC1)NCC#Cc1ccc(N2CCOC2=O)cc1. The summed E-state index contributed by atoms with van der Waals surface area (Å²) in [5.41, 5.74) is 1.66. The first-order chi connectivity index (χ1) is 12.2. The number of carbonyl (C=O) groups is 2. The molecule has 132 valence electrons. The van der Waals surface area contributed by atoms with Crippen LogP contribution in [0, 0.1) is 11.8 Å². The van der Waals surface area contributed by atoms with E-state index in [-0.39, 0.29) is 12.0 Å². The van der Waals surface area contributed by atoms with Gasteiger partial charge in [-0.3, -0.25) is 9.69 Å². The predicted octanol–water partition coefficient (Wildman–Crippen LogP) is 2.79. The number of benzene rings is 1. The Morgan fingerprint density at radius 2 is 2.04 bits per heavy atom. The topological polar surface area (TPSA) is 58.6 Å². The standard InChI is InChI=1S/C19H22N2O3S/c22-18(14-25-17-5-1-2-6-17)20-11-3-4-15-7-9-16(10-8-15)21-12-13-24-19(21)23/h7-10,17H,1-2,5-6,11-14H2,(H,20,22). The summed E-state index contributed by atoms with van der Waals surface area (Å²) in [6.07, 6.45) is 4.76. The van der Waals surface area contributed by atoms with Crippen LogP contribution in [0.2, 0.25) is 0 Å². The van der Waals surface area contributed by atoms with Crippen molar-refractivity contribution in [1.29, 1.82) is 0 Å². The predicted molar refractivity (Wildman–Crippen MR) is 99.7 cm³/mol. The lowest BCUT2D eigenvalue weighted by Gasteiger charge is -2.11. The molecule has 2 fully saturated rings. The third kappa shape index (κ3) is 5.17. The Hall–Kier alpha value is -2.13. The summed E-state index contributed by atoms with van der Waals surface area (Å²) in [6.45, 7) is 1.36. The third-order valence-corrected chi connectivity index (χ3v) is 5.67. The van der Waals surface area contributed by atoms with Gasteiger partial charge in [0.1, 0.15) is 6.61 Å². The van der Waals surface area contributed by atoms with Gasteiger partial charge in [0.05, 0.1) is 18.8 Å². The number of cyclic esters (lactones) is 1. The third-order valence-electron chi connectivity index (χ3n) is 4.30. The van der Waals surface area contributed by atoms with Crippen LogP contribution in [0.3, 0.4) is 0 Å². The smallest absolute Gasteiger partial charge is 0.414 e. The number of rotatable bonds is 5. The van der Waals surface area contributed by atoms with Crippen LogP contribution in [-0.2, 0) is 9.53 Å². The first-order valence-electron chi connectivity index (χ1n) is 8.64. The summed E-state index contributed by atoms with van der Waals surface area (Å²) in [7, 11) is 0. The average Bonchev–Trinajstić information content (AvgIpc) is 3.29. The van der Waals surface area contributed by atoms with E-state index >= 15 is 0 Å². The van der Waals surface area contributed by atoms with Gasteiger partial charge in [0.2, 0.25) is 5.91 Å². The molecule has 0 atom stereocenters. The van der Waals surface area contributed by atoms with E-state index in [0.717, 1.165) is 11.3 Å². The molecule has 0 unspecified atom stereocenters. The zero-order valence-electron chi connectivity index (χ0n) is 14.1. The van der Waals surface area contributed by atoms with Gasteiger partial charge in [-0.1, -0.05) is 24.7 Å². The fourth-order valence-electron chi connectivity index (χ4n) is 2.94. The number of thioether (sulfide) groups is 1. The van der Waals surface area contributed by atoms with Crippen LogP contribution in [0.5, 0.6) is 0 Å². The van der Waals surface area contributed by atoms with Crippen molar-refractivity contribution in [3.05, 3.63) is 29.8 Å². The molecule has 5 nitrogen and oxygen atoms in total. The van der Waals surface area contributed by atoms with Crippen molar-refractivity contribution in [3.63, 3.8) is 0 Å². The van der Waals surface area contributed by atoms with E-state index in [1.54, 1.807) is 16.7 Å². The van der Waals surface area contributed by atoms with Crippen LogP contribution in [-0.4, -0.2) is 42.7 Å². The molecule has 0 spiro atoms. The molecule has 0 bridgehead atoms. The number of hydrogen-bond acceptors (Lipinski definition) is 4. The highest BCUT2D eigenvalue weighted by Gasteiger charge is 2.23. The maximum atomic E-state index is 11.8. The Balaban J connectivity index is 1.40. The lowest BCUT2D eigenvalue weighted by atomic mass is 10.2. The highest BCUT2D eigenvalue weighted by atomic mass is 32.2. The van der Waals surface area contributed by atoms with E-state index in [0.29, 0.717) is 30.7 Å². The Morgan fingerprint density at radius 1 is 1.28 bits per heavy atom. The summed E-state index contributed by atoms with van der Waals surface area (Å²) in [4.78, 5) is 24.9. The zero-order valence-corrected chi connectivity index (χ0v) is 14.9. The molecule has 1 heterocycles. The van der Waals surface area contributed by atoms with Gasteiger partial charge in [-0.2, -0.15) is 0 Å². The molecule has 1 saturated carbocycles. The Bertz CT molecular complexity index is 672. The second-order valence-electron chi connectivity index (χ2n) is 6.11. The zero-order chi connectivity index (χ0) is 17.5. The molecular weight excluding hydrogens is 336 g/mol. The molecule has 1 aromatic carbocycles. The molecular formula is C19H22N2O3S. The van der Waals surface area contributed by atoms with Gasteiger partial charge < -0.3 is 10.1 Å². The highest BCUT2D eigenvalue weighted by Crippen LogP contribution is 2.29. The lowest BCUT2D eigenvalue weighted by molar-refractivity contribution is -0.118. The van der Waals surface area contributed by atoms with Crippen LogP contribution in [0.4, 0.5) is 10.5 Å². The molecule has 2 aliphatic rings. The van der Waals surface area contributed by atoms with Crippen LogP contribution in [0.15, 0.2) is 24.3 Å². The fraction of sp³-hybridized carbons (Fsp3) is 0.474. The largest absolute Gasteiger partial charge is 0.447 e. The number of carbonyl (C=O) groups excluding carboxylic acids is 2. The fourth-order valence-corrected chi connectivity index (χ4v) is 4.10. The molecule has 0 aromatic heterocycles. The van der Waals surface area contributed by atoms with Crippen molar-refractivity contribution in [2.24, 2.45) is 0 Å². The number of anilines is 1. The minimum Gasteiger partial charge on any atom is -0.447 e. The second kappa shape index (κ2) is 8.82. The van der Waals surface area contributed by atoms with Crippen molar-refractivity contribution in [2.45, 2.75) is 30.9 Å². The van der Waals surface area contributed by atoms with E-state index in [9.17, 15) is 9.59 Å². The molecule has 1 saturated heterocycles. The minimum absolute atomic E-state index is 0.0501. The number of nitrogens with one attached hydrogen (secondary N) is 1. The maximum Gasteiger partial charge on any atom is 0.414 e. The molecule has 6 heteroatoms. The van der Waals surface area contributed by atoms with Gasteiger partial charge in [-0.25, -0.2) is 4.79 Å². The molecule has 25 heavy (non-hydrogen) atoms. The number of hydrogen-bond donors (Lipinski definition) is 1. The summed E-state index contributed by atoms with van der Waals surface area (Å²) >= 11 is 1.76. The molecule has 1 N–H and O–H groups in total. The van der Waals surface area contributed by atoms with Crippen LogP contribution in [0.25, 0.3) is 0 Å². The molecule has 0 radical (unpaired) electrons.